The highest BCUT2D eigenvalue weighted by Crippen LogP contribution is 2.36. The van der Waals surface area contributed by atoms with Crippen LogP contribution in [0.4, 0.5) is 11.4 Å². The average Bonchev–Trinajstić information content (AvgIpc) is 1.92. The molecule has 1 aromatic carbocycles. The first-order valence-electron chi connectivity index (χ1n) is 3.13. The van der Waals surface area contributed by atoms with E-state index >= 15 is 0 Å². The predicted molar refractivity (Wildman–Crippen MR) is 46.9 cm³/mol. The molecule has 0 spiro atoms. The molecule has 0 saturated heterocycles. The van der Waals surface area contributed by atoms with Crippen LogP contribution in [0.2, 0.25) is 0 Å². The van der Waals surface area contributed by atoms with Crippen molar-refractivity contribution in [2.45, 2.75) is 0 Å². The van der Waals surface area contributed by atoms with Gasteiger partial charge in [-0.25, -0.2) is 0 Å². The zero-order valence-corrected chi connectivity index (χ0v) is 7.03. The second kappa shape index (κ2) is 2.79. The highest BCUT2D eigenvalue weighted by molar-refractivity contribution is 7.60. The normalized spacial score (nSPS) is 11.5. The Morgan fingerprint density at radius 1 is 1.25 bits per heavy atom. The maximum atomic E-state index is 10.8. The molecule has 0 radical (unpaired) electrons. The summed E-state index contributed by atoms with van der Waals surface area (Å²) >= 11 is 0. The summed E-state index contributed by atoms with van der Waals surface area (Å²) in [5.74, 6) is 0. The van der Waals surface area contributed by atoms with E-state index in [1.807, 2.05) is 0 Å². The van der Waals surface area contributed by atoms with Crippen molar-refractivity contribution < 1.29 is 14.4 Å². The van der Waals surface area contributed by atoms with Crippen molar-refractivity contribution in [1.29, 1.82) is 0 Å². The van der Waals surface area contributed by atoms with Crippen LogP contribution in [0.1, 0.15) is 0 Å². The minimum Gasteiger partial charge on any atom is -0.397 e. The second-order valence-electron chi connectivity index (χ2n) is 2.32. The number of benzene rings is 1. The van der Waals surface area contributed by atoms with Crippen LogP contribution in [0.3, 0.4) is 0 Å². The van der Waals surface area contributed by atoms with Crippen molar-refractivity contribution >= 4 is 24.3 Å². The summed E-state index contributed by atoms with van der Waals surface area (Å²) in [7, 11) is -4.29. The van der Waals surface area contributed by atoms with Gasteiger partial charge in [-0.3, -0.25) is 4.57 Å². The van der Waals surface area contributed by atoms with Crippen molar-refractivity contribution in [2.24, 2.45) is 0 Å². The Hall–Kier alpha value is -1.03. The van der Waals surface area contributed by atoms with Gasteiger partial charge >= 0.3 is 7.60 Å². The van der Waals surface area contributed by atoms with Gasteiger partial charge in [-0.2, -0.15) is 0 Å². The van der Waals surface area contributed by atoms with Crippen LogP contribution < -0.4 is 16.8 Å². The largest absolute Gasteiger partial charge is 0.397 e. The first-order valence-corrected chi connectivity index (χ1v) is 4.74. The average molecular weight is 188 g/mol. The zero-order valence-electron chi connectivity index (χ0n) is 6.14. The van der Waals surface area contributed by atoms with Crippen LogP contribution in [-0.4, -0.2) is 9.79 Å². The molecule has 66 valence electrons. The lowest BCUT2D eigenvalue weighted by Crippen LogP contribution is -2.12. The van der Waals surface area contributed by atoms with E-state index in [0.717, 1.165) is 0 Å². The molecular formula is C6H9N2O3P. The molecule has 0 aliphatic carbocycles. The summed E-state index contributed by atoms with van der Waals surface area (Å²) in [6.07, 6.45) is 0. The topological polar surface area (TPSA) is 110 Å². The molecule has 5 nitrogen and oxygen atoms in total. The summed E-state index contributed by atoms with van der Waals surface area (Å²) in [5.41, 5.74) is 10.8. The number of hydrogen-bond acceptors (Lipinski definition) is 3. The lowest BCUT2D eigenvalue weighted by Gasteiger charge is -2.08. The number of para-hydroxylation sites is 1. The second-order valence-corrected chi connectivity index (χ2v) is 3.89. The van der Waals surface area contributed by atoms with Gasteiger partial charge in [-0.05, 0) is 12.1 Å². The zero-order chi connectivity index (χ0) is 9.35. The number of nitrogens with two attached hydrogens (primary N) is 2. The first-order chi connectivity index (χ1) is 5.43. The molecule has 0 heterocycles. The third-order valence-corrected chi connectivity index (χ3v) is 2.45. The van der Waals surface area contributed by atoms with Crippen LogP contribution in [0, 0.1) is 0 Å². The Kier molecular flexibility index (Phi) is 2.10. The number of nitrogen functional groups attached to an aromatic ring is 2. The van der Waals surface area contributed by atoms with E-state index in [1.54, 1.807) is 0 Å². The fraction of sp³-hybridized carbons (Fsp3) is 0. The van der Waals surface area contributed by atoms with Gasteiger partial charge in [0.25, 0.3) is 0 Å². The van der Waals surface area contributed by atoms with E-state index in [9.17, 15) is 4.57 Å². The molecule has 0 fully saturated rings. The fourth-order valence-corrected chi connectivity index (χ4v) is 1.55. The van der Waals surface area contributed by atoms with Gasteiger partial charge in [-0.15, -0.1) is 0 Å². The van der Waals surface area contributed by atoms with Gasteiger partial charge < -0.3 is 21.3 Å². The van der Waals surface area contributed by atoms with E-state index in [0.29, 0.717) is 0 Å². The summed E-state index contributed by atoms with van der Waals surface area (Å²) in [4.78, 5) is 17.5. The highest BCUT2D eigenvalue weighted by atomic mass is 31.2. The van der Waals surface area contributed by atoms with E-state index in [2.05, 4.69) is 0 Å². The van der Waals surface area contributed by atoms with Gasteiger partial charge in [0.05, 0.1) is 16.7 Å². The van der Waals surface area contributed by atoms with Gasteiger partial charge in [0.1, 0.15) is 0 Å². The molecule has 0 unspecified atom stereocenters. The molecule has 1 aromatic rings. The summed E-state index contributed by atoms with van der Waals surface area (Å²) in [6.45, 7) is 0. The van der Waals surface area contributed by atoms with E-state index < -0.39 is 7.60 Å². The van der Waals surface area contributed by atoms with E-state index in [1.165, 1.54) is 18.2 Å². The molecule has 6 N–H and O–H groups in total. The molecule has 12 heavy (non-hydrogen) atoms. The summed E-state index contributed by atoms with van der Waals surface area (Å²) in [6, 6.07) is 4.18. The molecule has 0 bridgehead atoms. The van der Waals surface area contributed by atoms with Crippen LogP contribution >= 0.6 is 7.60 Å². The smallest absolute Gasteiger partial charge is 0.358 e. The minimum atomic E-state index is -4.29. The fourth-order valence-electron chi connectivity index (χ4n) is 0.824. The quantitative estimate of drug-likeness (QED) is 0.356. The van der Waals surface area contributed by atoms with Crippen molar-refractivity contribution in [3.05, 3.63) is 18.2 Å². The van der Waals surface area contributed by atoms with E-state index in [-0.39, 0.29) is 16.7 Å². The van der Waals surface area contributed by atoms with Crippen LogP contribution in [-0.2, 0) is 4.57 Å². The molecule has 0 saturated carbocycles. The molecule has 6 heteroatoms. The Balaban J connectivity index is 3.36. The standard InChI is InChI=1S/C6H9N2O3P/c7-4-2-1-3-5(6(4)8)12(9,10)11/h1-3H,7-8H2,(H2,9,10,11). The summed E-state index contributed by atoms with van der Waals surface area (Å²) < 4.78 is 10.8. The van der Waals surface area contributed by atoms with Crippen molar-refractivity contribution in [1.82, 2.24) is 0 Å². The lowest BCUT2D eigenvalue weighted by molar-refractivity contribution is 0.387. The van der Waals surface area contributed by atoms with Gasteiger partial charge in [-0.1, -0.05) is 6.07 Å². The van der Waals surface area contributed by atoms with Gasteiger partial charge in [0.15, 0.2) is 0 Å². The number of anilines is 2. The number of hydrogen-bond donors (Lipinski definition) is 4. The highest BCUT2D eigenvalue weighted by Gasteiger charge is 2.20. The Labute approximate surface area is 69.2 Å². The Morgan fingerprint density at radius 3 is 2.25 bits per heavy atom. The maximum Gasteiger partial charge on any atom is 0.358 e. The molecule has 0 atom stereocenters. The van der Waals surface area contributed by atoms with Crippen LogP contribution in [0.5, 0.6) is 0 Å². The molecular weight excluding hydrogens is 179 g/mol. The third-order valence-electron chi connectivity index (χ3n) is 1.43. The Morgan fingerprint density at radius 2 is 1.83 bits per heavy atom. The van der Waals surface area contributed by atoms with Gasteiger partial charge in [0.2, 0.25) is 0 Å². The molecule has 0 aliphatic rings. The molecule has 0 aromatic heterocycles. The van der Waals surface area contributed by atoms with E-state index in [4.69, 9.17) is 21.3 Å². The minimum absolute atomic E-state index is 0.0502. The monoisotopic (exact) mass is 188 g/mol. The van der Waals surface area contributed by atoms with Crippen molar-refractivity contribution in [3.8, 4) is 0 Å². The van der Waals surface area contributed by atoms with Crippen molar-refractivity contribution in [2.75, 3.05) is 11.5 Å². The summed E-state index contributed by atoms with van der Waals surface area (Å²) in [5, 5.41) is -0.220. The Bertz CT molecular complexity index is 347. The van der Waals surface area contributed by atoms with Gasteiger partial charge in [0, 0.05) is 0 Å². The molecule has 1 rings (SSSR count). The van der Waals surface area contributed by atoms with Crippen LogP contribution in [0.15, 0.2) is 18.2 Å². The predicted octanol–water partition coefficient (Wildman–Crippen LogP) is -0.346. The van der Waals surface area contributed by atoms with Crippen molar-refractivity contribution in [3.63, 3.8) is 0 Å². The van der Waals surface area contributed by atoms with Crippen LogP contribution in [0.25, 0.3) is 0 Å². The number of rotatable bonds is 1. The molecule has 0 amide bonds. The maximum absolute atomic E-state index is 10.8. The first kappa shape index (κ1) is 9.06. The lowest BCUT2D eigenvalue weighted by atomic mass is 10.3. The third kappa shape index (κ3) is 1.58. The SMILES string of the molecule is Nc1cccc(P(=O)(O)O)c1N. The molecule has 0 aliphatic heterocycles.